The van der Waals surface area contributed by atoms with E-state index in [1.165, 1.54) is 0 Å². The van der Waals surface area contributed by atoms with Crippen molar-refractivity contribution in [2.24, 2.45) is 0 Å². The van der Waals surface area contributed by atoms with Crippen molar-refractivity contribution in [2.75, 3.05) is 17.2 Å². The van der Waals surface area contributed by atoms with Gasteiger partial charge in [0.2, 0.25) is 5.91 Å². The Kier molecular flexibility index (Phi) is 2.65. The second-order valence-corrected chi connectivity index (χ2v) is 4.96. The first-order valence-corrected chi connectivity index (χ1v) is 5.67. The molecule has 1 amide bonds. The van der Waals surface area contributed by atoms with Gasteiger partial charge in [-0.05, 0) is 19.1 Å². The number of hydrogen-bond donors (Lipinski definition) is 1. The Morgan fingerprint density at radius 1 is 1.60 bits per heavy atom. The van der Waals surface area contributed by atoms with Crippen molar-refractivity contribution in [2.45, 2.75) is 18.2 Å². The van der Waals surface area contributed by atoms with Crippen LogP contribution in [0.15, 0.2) is 12.1 Å². The molecule has 2 N–H and O–H groups in total. The van der Waals surface area contributed by atoms with Crippen molar-refractivity contribution < 1.29 is 4.79 Å². The molecule has 0 bridgehead atoms. The number of nitrogens with two attached hydrogens (primary N) is 1. The fourth-order valence-corrected chi connectivity index (χ4v) is 2.26. The van der Waals surface area contributed by atoms with E-state index in [4.69, 9.17) is 5.73 Å². The third-order valence-corrected chi connectivity index (χ3v) is 3.02. The summed E-state index contributed by atoms with van der Waals surface area (Å²) in [4.78, 5) is 17.7. The van der Waals surface area contributed by atoms with Crippen LogP contribution in [0.5, 0.6) is 0 Å². The molecule has 0 radical (unpaired) electrons. The maximum atomic E-state index is 11.6. The molecule has 1 aromatic heterocycles. The summed E-state index contributed by atoms with van der Waals surface area (Å²) in [6, 6.07) is 3.71. The van der Waals surface area contributed by atoms with E-state index in [0.29, 0.717) is 24.5 Å². The van der Waals surface area contributed by atoms with Crippen LogP contribution < -0.4 is 10.6 Å². The molecule has 1 fully saturated rings. The van der Waals surface area contributed by atoms with Gasteiger partial charge in [-0.3, -0.25) is 4.79 Å². The lowest BCUT2D eigenvalue weighted by molar-refractivity contribution is -0.117. The Bertz CT molecular complexity index is 408. The van der Waals surface area contributed by atoms with E-state index < -0.39 is 0 Å². The highest BCUT2D eigenvalue weighted by Crippen LogP contribution is 2.28. The summed E-state index contributed by atoms with van der Waals surface area (Å²) in [6.45, 7) is 2.53. The molecular formula is C10H12BrN3O. The van der Waals surface area contributed by atoms with Gasteiger partial charge in [-0.15, -0.1) is 0 Å². The first-order valence-electron chi connectivity index (χ1n) is 4.75. The van der Waals surface area contributed by atoms with Gasteiger partial charge in [-0.2, -0.15) is 0 Å². The molecule has 4 nitrogen and oxygen atoms in total. The molecule has 1 saturated heterocycles. The average Bonchev–Trinajstić information content (AvgIpc) is 2.45. The molecule has 1 atom stereocenters. The van der Waals surface area contributed by atoms with Crippen LogP contribution in [0.25, 0.3) is 0 Å². The minimum Gasteiger partial charge on any atom is -0.382 e. The van der Waals surface area contributed by atoms with E-state index in [1.54, 1.807) is 4.90 Å². The van der Waals surface area contributed by atoms with Crippen molar-refractivity contribution in [3.63, 3.8) is 0 Å². The number of aromatic nitrogens is 1. The third kappa shape index (κ3) is 1.97. The number of nitrogen functional groups attached to an aromatic ring is 1. The van der Waals surface area contributed by atoms with Crippen molar-refractivity contribution in [3.05, 3.63) is 17.8 Å². The third-order valence-electron chi connectivity index (χ3n) is 2.41. The molecule has 2 heterocycles. The average molecular weight is 270 g/mol. The van der Waals surface area contributed by atoms with Gasteiger partial charge in [0.1, 0.15) is 5.82 Å². The summed E-state index contributed by atoms with van der Waals surface area (Å²) < 4.78 is 0. The number of carbonyl (C=O) groups is 1. The highest BCUT2D eigenvalue weighted by molar-refractivity contribution is 9.09. The fraction of sp³-hybridized carbons (Fsp3) is 0.400. The van der Waals surface area contributed by atoms with E-state index in [2.05, 4.69) is 20.9 Å². The summed E-state index contributed by atoms with van der Waals surface area (Å²) in [6.07, 6.45) is 0.521. The maximum Gasteiger partial charge on any atom is 0.228 e. The minimum atomic E-state index is 0.0919. The van der Waals surface area contributed by atoms with Gasteiger partial charge < -0.3 is 10.6 Å². The van der Waals surface area contributed by atoms with Crippen LogP contribution in [0.2, 0.25) is 0 Å². The molecule has 1 aliphatic rings. The van der Waals surface area contributed by atoms with E-state index in [9.17, 15) is 4.79 Å². The van der Waals surface area contributed by atoms with Gasteiger partial charge in [-0.25, -0.2) is 4.98 Å². The number of halogens is 1. The van der Waals surface area contributed by atoms with Crippen LogP contribution in [0, 0.1) is 6.92 Å². The molecule has 5 heteroatoms. The predicted molar refractivity (Wildman–Crippen MR) is 63.1 cm³/mol. The largest absolute Gasteiger partial charge is 0.382 e. The lowest BCUT2D eigenvalue weighted by Crippen LogP contribution is -2.25. The highest BCUT2D eigenvalue weighted by atomic mass is 79.9. The number of amides is 1. The first kappa shape index (κ1) is 10.4. The summed E-state index contributed by atoms with van der Waals surface area (Å²) in [5, 5.41) is 0. The molecule has 0 spiro atoms. The number of pyridine rings is 1. The second kappa shape index (κ2) is 3.81. The molecule has 2 rings (SSSR count). The second-order valence-electron chi connectivity index (χ2n) is 3.66. The molecule has 1 aromatic rings. The van der Waals surface area contributed by atoms with Crippen LogP contribution in [-0.2, 0) is 4.79 Å². The van der Waals surface area contributed by atoms with Gasteiger partial charge in [0, 0.05) is 23.5 Å². The Morgan fingerprint density at radius 3 is 2.87 bits per heavy atom. The van der Waals surface area contributed by atoms with E-state index >= 15 is 0 Å². The monoisotopic (exact) mass is 269 g/mol. The van der Waals surface area contributed by atoms with Gasteiger partial charge >= 0.3 is 0 Å². The SMILES string of the molecule is Cc1ccc(N2CC(Br)CC2=O)c(N)n1. The molecule has 1 aliphatic heterocycles. The molecule has 15 heavy (non-hydrogen) atoms. The summed E-state index contributed by atoms with van der Waals surface area (Å²) >= 11 is 3.43. The standard InChI is InChI=1S/C10H12BrN3O/c1-6-2-3-8(10(12)13-6)14-5-7(11)4-9(14)15/h2-3,7H,4-5H2,1H3,(H2,12,13). The Hall–Kier alpha value is -1.10. The lowest BCUT2D eigenvalue weighted by Gasteiger charge is -2.17. The van der Waals surface area contributed by atoms with Gasteiger partial charge in [0.05, 0.1) is 5.69 Å². The van der Waals surface area contributed by atoms with Gasteiger partial charge in [-0.1, -0.05) is 15.9 Å². The normalized spacial score (nSPS) is 21.1. The number of aryl methyl sites for hydroxylation is 1. The Labute approximate surface area is 96.6 Å². The number of anilines is 2. The molecule has 1 unspecified atom stereocenters. The van der Waals surface area contributed by atoms with Gasteiger partial charge in [0.15, 0.2) is 0 Å². The number of rotatable bonds is 1. The molecule has 0 saturated carbocycles. The van der Waals surface area contributed by atoms with Crippen LogP contribution in [0.1, 0.15) is 12.1 Å². The topological polar surface area (TPSA) is 59.2 Å². The summed E-state index contributed by atoms with van der Waals surface area (Å²) in [7, 11) is 0. The van der Waals surface area contributed by atoms with E-state index in [1.807, 2.05) is 19.1 Å². The lowest BCUT2D eigenvalue weighted by atomic mass is 10.3. The number of hydrogen-bond acceptors (Lipinski definition) is 3. The first-order chi connectivity index (χ1) is 7.08. The zero-order valence-electron chi connectivity index (χ0n) is 8.40. The molecule has 80 valence electrons. The number of alkyl halides is 1. The zero-order chi connectivity index (χ0) is 11.0. The van der Waals surface area contributed by atoms with Crippen LogP contribution in [0.3, 0.4) is 0 Å². The van der Waals surface area contributed by atoms with Crippen molar-refractivity contribution in [3.8, 4) is 0 Å². The van der Waals surface area contributed by atoms with Crippen molar-refractivity contribution >= 4 is 33.3 Å². The van der Waals surface area contributed by atoms with E-state index in [0.717, 1.165) is 5.69 Å². The Balaban J connectivity index is 2.34. The molecule has 0 aromatic carbocycles. The quantitative estimate of drug-likeness (QED) is 0.786. The summed E-state index contributed by atoms with van der Waals surface area (Å²) in [5.41, 5.74) is 7.36. The predicted octanol–water partition coefficient (Wildman–Crippen LogP) is 1.47. The Morgan fingerprint density at radius 2 is 2.33 bits per heavy atom. The smallest absolute Gasteiger partial charge is 0.228 e. The van der Waals surface area contributed by atoms with Crippen molar-refractivity contribution in [1.29, 1.82) is 0 Å². The number of carbonyl (C=O) groups excluding carboxylic acids is 1. The summed E-state index contributed by atoms with van der Waals surface area (Å²) in [5.74, 6) is 0.513. The molecular weight excluding hydrogens is 258 g/mol. The van der Waals surface area contributed by atoms with E-state index in [-0.39, 0.29) is 10.7 Å². The minimum absolute atomic E-state index is 0.0919. The van der Waals surface area contributed by atoms with Crippen LogP contribution in [0.4, 0.5) is 11.5 Å². The highest BCUT2D eigenvalue weighted by Gasteiger charge is 2.30. The number of nitrogens with zero attached hydrogens (tertiary/aromatic N) is 2. The maximum absolute atomic E-state index is 11.6. The van der Waals surface area contributed by atoms with Crippen molar-refractivity contribution in [1.82, 2.24) is 4.98 Å². The van der Waals surface area contributed by atoms with Gasteiger partial charge in [0.25, 0.3) is 0 Å². The van der Waals surface area contributed by atoms with Crippen LogP contribution in [-0.4, -0.2) is 22.3 Å². The van der Waals surface area contributed by atoms with Crippen LogP contribution >= 0.6 is 15.9 Å². The zero-order valence-corrected chi connectivity index (χ0v) is 9.99. The molecule has 0 aliphatic carbocycles. The fourth-order valence-electron chi connectivity index (χ4n) is 1.69.